The third-order valence-electron chi connectivity index (χ3n) is 4.00. The average molecular weight is 464 g/mol. The second-order valence-corrected chi connectivity index (χ2v) is 8.54. The summed E-state index contributed by atoms with van der Waals surface area (Å²) < 4.78 is 37.0. The number of aliphatic imine (C=N–C) groups is 1. The highest BCUT2D eigenvalue weighted by atomic mass is 32.2. The van der Waals surface area contributed by atoms with E-state index in [1.807, 2.05) is 4.72 Å². The molecule has 7 N–H and O–H groups in total. The Kier molecular flexibility index (Phi) is 8.43. The van der Waals surface area contributed by atoms with E-state index in [0.717, 1.165) is 12.5 Å². The molecule has 172 valence electrons. The number of rotatable bonds is 10. The molecule has 0 aliphatic carbocycles. The highest BCUT2D eigenvalue weighted by molar-refractivity contribution is 7.89. The van der Waals surface area contributed by atoms with E-state index in [0.29, 0.717) is 13.2 Å². The van der Waals surface area contributed by atoms with Gasteiger partial charge in [-0.3, -0.25) is 4.99 Å². The molecule has 0 saturated carbocycles. The molecule has 11 nitrogen and oxygen atoms in total. The van der Waals surface area contributed by atoms with Crippen molar-refractivity contribution in [1.82, 2.24) is 4.72 Å². The summed E-state index contributed by atoms with van der Waals surface area (Å²) in [5.41, 5.74) is 14.9. The Balaban J connectivity index is 1.93. The molecule has 0 aliphatic rings. The number of ether oxygens (including phenoxy) is 2. The Bertz CT molecular complexity index is 1070. The zero-order valence-electron chi connectivity index (χ0n) is 17.4. The van der Waals surface area contributed by atoms with E-state index in [1.54, 1.807) is 18.2 Å². The van der Waals surface area contributed by atoms with Gasteiger partial charge >= 0.3 is 11.9 Å². The SMILES string of the molecule is C[C@](N)(NS(=O)(=O)c1ccccc1)C(=O)OC(=O)c1ccc(COCCN=C(N)N)cc1. The topological polar surface area (TPSA) is 189 Å². The van der Waals surface area contributed by atoms with Gasteiger partial charge in [-0.25, -0.2) is 18.0 Å². The lowest BCUT2D eigenvalue weighted by molar-refractivity contribution is -0.144. The molecule has 2 rings (SSSR count). The maximum absolute atomic E-state index is 12.4. The number of nitrogens with zero attached hydrogens (tertiary/aromatic N) is 1. The molecule has 2 aromatic rings. The number of nitrogens with two attached hydrogens (primary N) is 3. The van der Waals surface area contributed by atoms with Gasteiger partial charge in [-0.2, -0.15) is 4.72 Å². The van der Waals surface area contributed by atoms with Crippen molar-refractivity contribution in [2.75, 3.05) is 13.2 Å². The van der Waals surface area contributed by atoms with Crippen LogP contribution in [0.2, 0.25) is 0 Å². The molecule has 0 bridgehead atoms. The van der Waals surface area contributed by atoms with Crippen LogP contribution in [-0.2, 0) is 30.9 Å². The molecule has 0 saturated heterocycles. The van der Waals surface area contributed by atoms with Gasteiger partial charge in [-0.05, 0) is 36.8 Å². The fourth-order valence-corrected chi connectivity index (χ4v) is 3.67. The van der Waals surface area contributed by atoms with Gasteiger partial charge in [0.25, 0.3) is 0 Å². The van der Waals surface area contributed by atoms with Gasteiger partial charge < -0.3 is 26.7 Å². The second kappa shape index (κ2) is 10.8. The number of esters is 2. The van der Waals surface area contributed by atoms with Gasteiger partial charge in [0.1, 0.15) is 0 Å². The highest BCUT2D eigenvalue weighted by Crippen LogP contribution is 2.13. The molecule has 1 atom stereocenters. The van der Waals surface area contributed by atoms with Crippen LogP contribution in [0.4, 0.5) is 0 Å². The summed E-state index contributed by atoms with van der Waals surface area (Å²) in [6.45, 7) is 1.98. The standard InChI is InChI=1S/C20H25N5O6S/c1-20(23,25-32(28,29)16-5-3-2-4-6-16)18(27)31-17(26)15-9-7-14(8-10-15)13-30-12-11-24-19(21)22/h2-10,25H,11-13,23H2,1H3,(H4,21,22,24)/t20-/m0/s1. The number of sulfonamides is 1. The van der Waals surface area contributed by atoms with Gasteiger partial charge in [0.2, 0.25) is 10.0 Å². The van der Waals surface area contributed by atoms with Crippen LogP contribution in [-0.4, -0.2) is 45.1 Å². The maximum atomic E-state index is 12.4. The average Bonchev–Trinajstić information content (AvgIpc) is 2.73. The first-order valence-corrected chi connectivity index (χ1v) is 10.9. The minimum absolute atomic E-state index is 0.0209. The summed E-state index contributed by atoms with van der Waals surface area (Å²) in [6.07, 6.45) is 0. The summed E-state index contributed by atoms with van der Waals surface area (Å²) in [4.78, 5) is 28.3. The second-order valence-electron chi connectivity index (χ2n) is 6.85. The zero-order chi connectivity index (χ0) is 23.8. The molecule has 0 heterocycles. The summed E-state index contributed by atoms with van der Waals surface area (Å²) in [6, 6.07) is 13.4. The van der Waals surface area contributed by atoms with Crippen LogP contribution in [0.5, 0.6) is 0 Å². The van der Waals surface area contributed by atoms with Crippen molar-refractivity contribution in [2.45, 2.75) is 24.1 Å². The molecule has 0 fully saturated rings. The lowest BCUT2D eigenvalue weighted by Gasteiger charge is -2.23. The fraction of sp³-hybridized carbons (Fsp3) is 0.250. The van der Waals surface area contributed by atoms with Crippen LogP contribution in [0.1, 0.15) is 22.8 Å². The van der Waals surface area contributed by atoms with Crippen LogP contribution in [0.25, 0.3) is 0 Å². The monoisotopic (exact) mass is 463 g/mol. The van der Waals surface area contributed by atoms with Crippen LogP contribution in [0.15, 0.2) is 64.5 Å². The normalized spacial score (nSPS) is 13.1. The first kappa shape index (κ1) is 24.9. The van der Waals surface area contributed by atoms with E-state index < -0.39 is 27.6 Å². The third-order valence-corrected chi connectivity index (χ3v) is 5.58. The molecular formula is C20H25N5O6S. The number of hydrogen-bond donors (Lipinski definition) is 4. The Morgan fingerprint density at radius 2 is 1.69 bits per heavy atom. The summed E-state index contributed by atoms with van der Waals surface area (Å²) in [5.74, 6) is -2.26. The van der Waals surface area contributed by atoms with Gasteiger partial charge in [-0.15, -0.1) is 0 Å². The largest absolute Gasteiger partial charge is 0.387 e. The van der Waals surface area contributed by atoms with E-state index in [-0.39, 0.29) is 23.0 Å². The number of nitrogens with one attached hydrogen (secondary N) is 1. The molecule has 0 aliphatic heterocycles. The van der Waals surface area contributed by atoms with Crippen molar-refractivity contribution in [1.29, 1.82) is 0 Å². The molecule has 2 aromatic carbocycles. The van der Waals surface area contributed by atoms with Gasteiger partial charge in [-0.1, -0.05) is 30.3 Å². The molecule has 32 heavy (non-hydrogen) atoms. The lowest BCUT2D eigenvalue weighted by Crippen LogP contribution is -2.60. The van der Waals surface area contributed by atoms with Crippen molar-refractivity contribution in [2.24, 2.45) is 22.2 Å². The Morgan fingerprint density at radius 3 is 2.28 bits per heavy atom. The minimum atomic E-state index is -4.11. The van der Waals surface area contributed by atoms with E-state index in [4.69, 9.17) is 26.7 Å². The van der Waals surface area contributed by atoms with Gasteiger partial charge in [0, 0.05) is 0 Å². The fourth-order valence-electron chi connectivity index (χ4n) is 2.39. The smallest absolute Gasteiger partial charge is 0.349 e. The molecule has 0 aromatic heterocycles. The van der Waals surface area contributed by atoms with E-state index in [9.17, 15) is 18.0 Å². The van der Waals surface area contributed by atoms with Crippen molar-refractivity contribution in [3.8, 4) is 0 Å². The maximum Gasteiger partial charge on any atom is 0.349 e. The predicted molar refractivity (Wildman–Crippen MR) is 117 cm³/mol. The number of hydrogen-bond acceptors (Lipinski definition) is 8. The van der Waals surface area contributed by atoms with E-state index in [2.05, 4.69) is 4.99 Å². The van der Waals surface area contributed by atoms with Gasteiger partial charge in [0.05, 0.1) is 30.2 Å². The zero-order valence-corrected chi connectivity index (χ0v) is 18.2. The molecule has 12 heteroatoms. The summed E-state index contributed by atoms with van der Waals surface area (Å²) in [5, 5.41) is 0. The van der Waals surface area contributed by atoms with Crippen molar-refractivity contribution < 1.29 is 27.5 Å². The molecule has 0 unspecified atom stereocenters. The Labute approximate surface area is 185 Å². The first-order chi connectivity index (χ1) is 15.0. The lowest BCUT2D eigenvalue weighted by atomic mass is 10.1. The summed E-state index contributed by atoms with van der Waals surface area (Å²) in [7, 11) is -4.11. The van der Waals surface area contributed by atoms with E-state index >= 15 is 0 Å². The number of carbonyl (C=O) groups is 2. The van der Waals surface area contributed by atoms with Crippen molar-refractivity contribution in [3.63, 3.8) is 0 Å². The van der Waals surface area contributed by atoms with Crippen molar-refractivity contribution >= 4 is 27.9 Å². The highest BCUT2D eigenvalue weighted by Gasteiger charge is 2.37. The predicted octanol–water partition coefficient (Wildman–Crippen LogP) is -0.187. The Morgan fingerprint density at radius 1 is 1.06 bits per heavy atom. The molecule has 0 spiro atoms. The minimum Gasteiger partial charge on any atom is -0.387 e. The quantitative estimate of drug-likeness (QED) is 0.0924. The third kappa shape index (κ3) is 7.42. The van der Waals surface area contributed by atoms with Crippen LogP contribution < -0.4 is 21.9 Å². The number of benzene rings is 2. The number of carbonyl (C=O) groups excluding carboxylic acids is 2. The molecular weight excluding hydrogens is 438 g/mol. The Hall–Kier alpha value is -3.32. The van der Waals surface area contributed by atoms with Crippen LogP contribution in [0.3, 0.4) is 0 Å². The van der Waals surface area contributed by atoms with E-state index in [1.165, 1.54) is 36.4 Å². The first-order valence-electron chi connectivity index (χ1n) is 9.38. The summed E-state index contributed by atoms with van der Waals surface area (Å²) >= 11 is 0. The molecule has 0 radical (unpaired) electrons. The van der Waals surface area contributed by atoms with Crippen molar-refractivity contribution in [3.05, 3.63) is 65.7 Å². The number of guanidine groups is 1. The van der Waals surface area contributed by atoms with Crippen LogP contribution in [0, 0.1) is 0 Å². The van der Waals surface area contributed by atoms with Crippen LogP contribution >= 0.6 is 0 Å². The molecule has 0 amide bonds. The van der Waals surface area contributed by atoms with Gasteiger partial charge in [0.15, 0.2) is 11.6 Å².